The molecule has 0 spiro atoms. The summed E-state index contributed by atoms with van der Waals surface area (Å²) in [5.41, 5.74) is 0. The van der Waals surface area contributed by atoms with E-state index >= 15 is 0 Å². The maximum atomic E-state index is 4.64. The Morgan fingerprint density at radius 2 is 1.32 bits per heavy atom. The third-order valence-corrected chi connectivity index (χ3v) is 2.79. The average Bonchev–Trinajstić information content (AvgIpc) is 2.98. The first-order valence-electron chi connectivity index (χ1n) is 5.77. The fraction of sp³-hybridized carbons (Fsp3) is 0.154. The number of anilines is 2. The smallest absolute Gasteiger partial charge is 0.106 e. The summed E-state index contributed by atoms with van der Waals surface area (Å²) in [6, 6.07) is 6.00. The van der Waals surface area contributed by atoms with Crippen LogP contribution in [0, 0.1) is 13.3 Å². The van der Waals surface area contributed by atoms with Gasteiger partial charge in [0.15, 0.2) is 0 Å². The molecule has 2 aliphatic rings. The summed E-state index contributed by atoms with van der Waals surface area (Å²) < 4.78 is 0. The van der Waals surface area contributed by atoms with Crippen molar-refractivity contribution >= 4 is 11.6 Å². The third-order valence-electron chi connectivity index (χ3n) is 2.79. The maximum Gasteiger partial charge on any atom is 0.106 e. The predicted molar refractivity (Wildman–Crippen MR) is 71.6 cm³/mol. The number of pyridine rings is 1. The molecule has 1 aromatic heterocycles. The van der Waals surface area contributed by atoms with Crippen LogP contribution in [0.5, 0.6) is 0 Å². The van der Waals surface area contributed by atoms with Gasteiger partial charge < -0.3 is 19.6 Å². The van der Waals surface area contributed by atoms with Gasteiger partial charge in [-0.2, -0.15) is 0 Å². The molecule has 3 rings (SSSR count). The summed E-state index contributed by atoms with van der Waals surface area (Å²) in [5.74, 6) is 1.81. The molecule has 0 aromatic carbocycles. The number of nitrogens with zero attached hydrogens (tertiary/aromatic N) is 5. The fourth-order valence-electron chi connectivity index (χ4n) is 1.87. The molecule has 1 radical (unpaired) electrons. The molecule has 0 fully saturated rings. The zero-order valence-electron chi connectivity index (χ0n) is 10.8. The van der Waals surface area contributed by atoms with Crippen molar-refractivity contribution in [2.75, 3.05) is 23.9 Å². The summed E-state index contributed by atoms with van der Waals surface area (Å²) in [6.07, 6.45) is 7.96. The van der Waals surface area contributed by atoms with Crippen molar-refractivity contribution in [2.45, 2.75) is 0 Å². The van der Waals surface area contributed by atoms with E-state index in [0.717, 1.165) is 11.6 Å². The van der Waals surface area contributed by atoms with Crippen molar-refractivity contribution in [1.82, 2.24) is 14.8 Å². The second kappa shape index (κ2) is 5.64. The minimum atomic E-state index is 0. The van der Waals surface area contributed by atoms with Gasteiger partial charge in [0.2, 0.25) is 0 Å². The molecule has 2 aliphatic heterocycles. The third kappa shape index (κ3) is 2.91. The molecule has 5 nitrogen and oxygen atoms in total. The second-order valence-electron chi connectivity index (χ2n) is 4.33. The van der Waals surface area contributed by atoms with Crippen LogP contribution in [0.25, 0.3) is 0 Å². The first-order chi connectivity index (χ1) is 8.72. The molecular weight excluding hydrogens is 412 g/mol. The molecule has 3 heterocycles. The number of rotatable bonds is 2. The van der Waals surface area contributed by atoms with E-state index in [2.05, 4.69) is 4.98 Å². The Labute approximate surface area is 127 Å². The molecule has 0 N–H and O–H groups in total. The van der Waals surface area contributed by atoms with E-state index in [1.54, 1.807) is 0 Å². The fourth-order valence-corrected chi connectivity index (χ4v) is 1.87. The van der Waals surface area contributed by atoms with E-state index in [4.69, 9.17) is 0 Å². The topological polar surface area (TPSA) is 25.9 Å². The minimum absolute atomic E-state index is 0. The molecule has 19 heavy (non-hydrogen) atoms. The van der Waals surface area contributed by atoms with Crippen molar-refractivity contribution in [1.29, 1.82) is 0 Å². The number of hydrogen-bond acceptors (Lipinski definition) is 5. The molecule has 6 heteroatoms. The van der Waals surface area contributed by atoms with E-state index in [1.165, 1.54) is 0 Å². The van der Waals surface area contributed by atoms with Gasteiger partial charge in [0, 0.05) is 20.4 Å². The second-order valence-corrected chi connectivity index (χ2v) is 4.33. The summed E-state index contributed by atoms with van der Waals surface area (Å²) in [7, 11) is 3.98. The van der Waals surface area contributed by atoms with Gasteiger partial charge in [0.25, 0.3) is 0 Å². The van der Waals surface area contributed by atoms with Crippen LogP contribution < -0.4 is 9.80 Å². The molecule has 0 saturated carbocycles. The maximum absolute atomic E-state index is 4.64. The molecule has 0 atom stereocenters. The molecule has 0 saturated heterocycles. The van der Waals surface area contributed by atoms with E-state index < -0.39 is 0 Å². The van der Waals surface area contributed by atoms with Crippen molar-refractivity contribution in [2.24, 2.45) is 0 Å². The monoisotopic (exact) mass is 428 g/mol. The first-order valence-corrected chi connectivity index (χ1v) is 5.77. The van der Waals surface area contributed by atoms with Crippen LogP contribution in [0.2, 0.25) is 0 Å². The molecule has 0 amide bonds. The quantitative estimate of drug-likeness (QED) is 0.671. The first kappa shape index (κ1) is 13.9. The average molecular weight is 428 g/mol. The molecular formula is C13H15N5Re-2. The SMILES string of the molecule is CN1C=CN(c2cccc(N3C=CN(C)[CH-]3)n2)[CH-]1.[Re]. The van der Waals surface area contributed by atoms with Crippen molar-refractivity contribution in [3.63, 3.8) is 0 Å². The summed E-state index contributed by atoms with van der Waals surface area (Å²) in [6.45, 7) is 3.98. The van der Waals surface area contributed by atoms with Gasteiger partial charge in [-0.15, -0.1) is 13.3 Å². The van der Waals surface area contributed by atoms with Crippen LogP contribution in [0.4, 0.5) is 11.6 Å². The van der Waals surface area contributed by atoms with Gasteiger partial charge in [-0.25, -0.2) is 4.98 Å². The number of aromatic nitrogens is 1. The molecule has 0 unspecified atom stereocenters. The van der Waals surface area contributed by atoms with Crippen LogP contribution in [0.1, 0.15) is 0 Å². The van der Waals surface area contributed by atoms with E-state index in [-0.39, 0.29) is 20.4 Å². The molecule has 0 aliphatic carbocycles. The van der Waals surface area contributed by atoms with Crippen molar-refractivity contribution in [3.8, 4) is 0 Å². The Hall–Kier alpha value is -1.51. The molecule has 1 aromatic rings. The van der Waals surface area contributed by atoms with Gasteiger partial charge in [0.05, 0.1) is 0 Å². The van der Waals surface area contributed by atoms with Crippen molar-refractivity contribution in [3.05, 3.63) is 56.3 Å². The van der Waals surface area contributed by atoms with Gasteiger partial charge in [-0.1, -0.05) is 6.07 Å². The Morgan fingerprint density at radius 3 is 1.68 bits per heavy atom. The zero-order chi connectivity index (χ0) is 12.5. The molecule has 101 valence electrons. The summed E-state index contributed by atoms with van der Waals surface area (Å²) in [5, 5.41) is 0. The van der Waals surface area contributed by atoms with E-state index in [9.17, 15) is 0 Å². The van der Waals surface area contributed by atoms with Crippen LogP contribution in [-0.2, 0) is 20.4 Å². The van der Waals surface area contributed by atoms with Gasteiger partial charge in [0.1, 0.15) is 11.6 Å². The normalized spacial score (nSPS) is 17.4. The summed E-state index contributed by atoms with van der Waals surface area (Å²) >= 11 is 0. The Morgan fingerprint density at radius 1 is 0.842 bits per heavy atom. The number of hydrogen-bond donors (Lipinski definition) is 0. The van der Waals surface area contributed by atoms with Gasteiger partial charge >= 0.3 is 0 Å². The Bertz CT molecular complexity index is 460. The Kier molecular flexibility index (Phi) is 4.13. The largest absolute Gasteiger partial charge is 0.510 e. The van der Waals surface area contributed by atoms with Crippen molar-refractivity contribution < 1.29 is 20.4 Å². The standard InChI is InChI=1S/C13H15N5.Re/c1-15-6-8-17(10-15)12-4-3-5-13(14-12)18-9-7-16(2)11-18;/h3-11H,1-2H3;/q-2;. The van der Waals surface area contributed by atoms with E-state index in [0.29, 0.717) is 0 Å². The Balaban J connectivity index is 0.00000133. The van der Waals surface area contributed by atoms with Crippen LogP contribution in [0.3, 0.4) is 0 Å². The van der Waals surface area contributed by atoms with Gasteiger partial charge in [-0.05, 0) is 51.0 Å². The van der Waals surface area contributed by atoms with Crippen LogP contribution >= 0.6 is 0 Å². The summed E-state index contributed by atoms with van der Waals surface area (Å²) in [4.78, 5) is 12.6. The molecule has 0 bridgehead atoms. The minimum Gasteiger partial charge on any atom is -0.510 e. The van der Waals surface area contributed by atoms with Crippen LogP contribution in [0.15, 0.2) is 43.0 Å². The van der Waals surface area contributed by atoms with Crippen LogP contribution in [-0.4, -0.2) is 28.9 Å². The predicted octanol–water partition coefficient (Wildman–Crippen LogP) is 1.76. The zero-order valence-corrected chi connectivity index (χ0v) is 13.5. The van der Waals surface area contributed by atoms with Gasteiger partial charge in [-0.3, -0.25) is 0 Å². The van der Waals surface area contributed by atoms with E-state index in [1.807, 2.05) is 90.0 Å².